The molecule has 1 aliphatic carbocycles. The van der Waals surface area contributed by atoms with Gasteiger partial charge in [0, 0.05) is 26.0 Å². The minimum Gasteiger partial charge on any atom is -0.336 e. The van der Waals surface area contributed by atoms with Crippen LogP contribution in [0.4, 0.5) is 0 Å². The number of aromatic nitrogens is 5. The van der Waals surface area contributed by atoms with Gasteiger partial charge in [0.1, 0.15) is 5.52 Å². The molecule has 1 aliphatic rings. The number of fused-ring (bicyclic) bond motifs is 2. The van der Waals surface area contributed by atoms with Gasteiger partial charge < -0.3 is 9.47 Å². The van der Waals surface area contributed by atoms with Crippen molar-refractivity contribution < 1.29 is 4.79 Å². The molecule has 3 heterocycles. The largest absolute Gasteiger partial charge is 0.336 e. The Morgan fingerprint density at radius 3 is 3.00 bits per heavy atom. The van der Waals surface area contributed by atoms with Crippen LogP contribution in [0.5, 0.6) is 0 Å². The maximum atomic E-state index is 12.8. The van der Waals surface area contributed by atoms with Crippen molar-refractivity contribution in [2.24, 2.45) is 7.05 Å². The summed E-state index contributed by atoms with van der Waals surface area (Å²) < 4.78 is 1.84. The molecule has 0 spiro atoms. The molecule has 0 unspecified atom stereocenters. The molecule has 0 atom stereocenters. The van der Waals surface area contributed by atoms with Crippen LogP contribution in [0.3, 0.4) is 0 Å². The molecular formula is C18H22N6O. The third kappa shape index (κ3) is 2.90. The van der Waals surface area contributed by atoms with Crippen LogP contribution in [0.15, 0.2) is 18.6 Å². The average Bonchev–Trinajstić information content (AvgIpc) is 3.08. The Bertz CT molecular complexity index is 925. The number of nitrogens with zero attached hydrogens (tertiary/aromatic N) is 5. The number of hydrogen-bond acceptors (Lipinski definition) is 4. The normalized spacial score (nSPS) is 14.3. The van der Waals surface area contributed by atoms with Crippen molar-refractivity contribution in [3.8, 4) is 0 Å². The van der Waals surface area contributed by atoms with E-state index in [9.17, 15) is 4.79 Å². The lowest BCUT2D eigenvalue weighted by Gasteiger charge is -2.16. The van der Waals surface area contributed by atoms with Crippen LogP contribution in [0.1, 0.15) is 46.6 Å². The van der Waals surface area contributed by atoms with Gasteiger partial charge in [-0.3, -0.25) is 9.89 Å². The first-order valence-electron chi connectivity index (χ1n) is 8.71. The maximum Gasteiger partial charge on any atom is 0.255 e. The lowest BCUT2D eigenvalue weighted by Crippen LogP contribution is -2.27. The van der Waals surface area contributed by atoms with Crippen molar-refractivity contribution in [2.45, 2.75) is 38.6 Å². The van der Waals surface area contributed by atoms with Crippen LogP contribution in [0.25, 0.3) is 11.2 Å². The Morgan fingerprint density at radius 2 is 2.12 bits per heavy atom. The topological polar surface area (TPSA) is 79.7 Å². The number of nitrogens with one attached hydrogen (secondary N) is 1. The molecule has 4 rings (SSSR count). The number of imidazole rings is 1. The molecule has 3 aromatic rings. The summed E-state index contributed by atoms with van der Waals surface area (Å²) in [5.41, 5.74) is 5.59. The van der Waals surface area contributed by atoms with E-state index in [4.69, 9.17) is 0 Å². The van der Waals surface area contributed by atoms with Crippen molar-refractivity contribution in [1.82, 2.24) is 29.6 Å². The summed E-state index contributed by atoms with van der Waals surface area (Å²) in [6, 6.07) is 1.80. The lowest BCUT2D eigenvalue weighted by molar-refractivity contribution is 0.0783. The fourth-order valence-electron chi connectivity index (χ4n) is 3.51. The summed E-state index contributed by atoms with van der Waals surface area (Å²) in [6.07, 6.45) is 9.08. The van der Waals surface area contributed by atoms with E-state index in [2.05, 4.69) is 20.2 Å². The molecule has 0 bridgehead atoms. The number of pyridine rings is 1. The highest BCUT2D eigenvalue weighted by atomic mass is 16.2. The third-order valence-corrected chi connectivity index (χ3v) is 4.92. The molecule has 7 nitrogen and oxygen atoms in total. The Labute approximate surface area is 146 Å². The zero-order valence-corrected chi connectivity index (χ0v) is 14.6. The second-order valence-corrected chi connectivity index (χ2v) is 6.77. The van der Waals surface area contributed by atoms with Crippen molar-refractivity contribution in [2.75, 3.05) is 7.05 Å². The van der Waals surface area contributed by atoms with E-state index in [0.29, 0.717) is 12.1 Å². The van der Waals surface area contributed by atoms with Crippen LogP contribution < -0.4 is 0 Å². The van der Waals surface area contributed by atoms with Crippen molar-refractivity contribution in [3.05, 3.63) is 41.1 Å². The molecule has 0 aliphatic heterocycles. The number of rotatable bonds is 3. The first-order chi connectivity index (χ1) is 12.1. The first-order valence-corrected chi connectivity index (χ1v) is 8.71. The minimum atomic E-state index is -0.0644. The fourth-order valence-corrected chi connectivity index (χ4v) is 3.51. The zero-order chi connectivity index (χ0) is 17.4. The molecule has 0 saturated heterocycles. The third-order valence-electron chi connectivity index (χ3n) is 4.92. The Balaban J connectivity index is 1.54. The molecule has 1 N–H and O–H groups in total. The average molecular weight is 338 g/mol. The van der Waals surface area contributed by atoms with Crippen molar-refractivity contribution in [3.63, 3.8) is 0 Å². The van der Waals surface area contributed by atoms with Gasteiger partial charge in [0.25, 0.3) is 5.91 Å². The summed E-state index contributed by atoms with van der Waals surface area (Å²) in [5.74, 6) is -0.0644. The second-order valence-electron chi connectivity index (χ2n) is 6.77. The Hall–Kier alpha value is -2.70. The first kappa shape index (κ1) is 15.8. The summed E-state index contributed by atoms with van der Waals surface area (Å²) in [6.45, 7) is 0.505. The highest BCUT2D eigenvalue weighted by molar-refractivity contribution is 5.96. The molecule has 0 fully saturated rings. The number of aromatic amines is 1. The fraction of sp³-hybridized carbons (Fsp3) is 0.444. The maximum absolute atomic E-state index is 12.8. The standard InChI is InChI=1S/C18H22N6O/c1-23(10-16-13-6-4-3-5-7-14(13)21-22-16)18(25)12-8-15-17(19-9-12)24(2)11-20-15/h8-9,11H,3-7,10H2,1-2H3,(H,21,22). The van der Waals surface area contributed by atoms with Gasteiger partial charge in [-0.05, 0) is 37.3 Å². The highest BCUT2D eigenvalue weighted by Gasteiger charge is 2.20. The number of aryl methyl sites for hydroxylation is 2. The van der Waals surface area contributed by atoms with Crippen LogP contribution in [0.2, 0.25) is 0 Å². The van der Waals surface area contributed by atoms with Crippen LogP contribution >= 0.6 is 0 Å². The summed E-state index contributed by atoms with van der Waals surface area (Å²) >= 11 is 0. The molecule has 7 heteroatoms. The number of carbonyl (C=O) groups is 1. The summed E-state index contributed by atoms with van der Waals surface area (Å²) in [7, 11) is 3.70. The molecule has 130 valence electrons. The number of carbonyl (C=O) groups excluding carboxylic acids is 1. The molecule has 0 aromatic carbocycles. The number of H-pyrrole nitrogens is 1. The quantitative estimate of drug-likeness (QED) is 0.743. The minimum absolute atomic E-state index is 0.0644. The van der Waals surface area contributed by atoms with Gasteiger partial charge in [0.15, 0.2) is 5.65 Å². The molecule has 3 aromatic heterocycles. The van der Waals surface area contributed by atoms with E-state index >= 15 is 0 Å². The van der Waals surface area contributed by atoms with Gasteiger partial charge in [-0.2, -0.15) is 5.10 Å². The zero-order valence-electron chi connectivity index (χ0n) is 14.6. The Kier molecular flexibility index (Phi) is 3.99. The van der Waals surface area contributed by atoms with Gasteiger partial charge in [-0.15, -0.1) is 0 Å². The van der Waals surface area contributed by atoms with E-state index in [1.54, 1.807) is 23.5 Å². The van der Waals surface area contributed by atoms with E-state index < -0.39 is 0 Å². The van der Waals surface area contributed by atoms with Crippen LogP contribution in [-0.2, 0) is 26.4 Å². The van der Waals surface area contributed by atoms with Gasteiger partial charge in [0.2, 0.25) is 0 Å². The van der Waals surface area contributed by atoms with Crippen molar-refractivity contribution >= 4 is 17.1 Å². The van der Waals surface area contributed by atoms with E-state index in [1.165, 1.54) is 30.5 Å². The highest BCUT2D eigenvalue weighted by Crippen LogP contribution is 2.23. The molecule has 25 heavy (non-hydrogen) atoms. The molecular weight excluding hydrogens is 316 g/mol. The number of amides is 1. The SMILES string of the molecule is CN(Cc1n[nH]c2c1CCCCC2)C(=O)c1cnc2c(c1)ncn2C. The summed E-state index contributed by atoms with van der Waals surface area (Å²) in [5, 5.41) is 7.62. The predicted octanol–water partition coefficient (Wildman–Crippen LogP) is 2.23. The second kappa shape index (κ2) is 6.31. The monoisotopic (exact) mass is 338 g/mol. The van der Waals surface area contributed by atoms with E-state index in [0.717, 1.165) is 29.7 Å². The van der Waals surface area contributed by atoms with Gasteiger partial charge in [-0.25, -0.2) is 9.97 Å². The van der Waals surface area contributed by atoms with E-state index in [1.807, 2.05) is 18.7 Å². The molecule has 1 amide bonds. The van der Waals surface area contributed by atoms with Gasteiger partial charge >= 0.3 is 0 Å². The van der Waals surface area contributed by atoms with Crippen LogP contribution in [0, 0.1) is 0 Å². The summed E-state index contributed by atoms with van der Waals surface area (Å²) in [4.78, 5) is 23.1. The predicted molar refractivity (Wildman–Crippen MR) is 94.2 cm³/mol. The van der Waals surface area contributed by atoms with Crippen molar-refractivity contribution in [1.29, 1.82) is 0 Å². The molecule has 0 saturated carbocycles. The Morgan fingerprint density at radius 1 is 1.28 bits per heavy atom. The smallest absolute Gasteiger partial charge is 0.255 e. The molecule has 0 radical (unpaired) electrons. The van der Waals surface area contributed by atoms with Crippen LogP contribution in [-0.4, -0.2) is 42.6 Å². The number of hydrogen-bond donors (Lipinski definition) is 1. The lowest BCUT2D eigenvalue weighted by atomic mass is 10.1. The van der Waals surface area contributed by atoms with Gasteiger partial charge in [-0.1, -0.05) is 6.42 Å². The van der Waals surface area contributed by atoms with Gasteiger partial charge in [0.05, 0.1) is 24.1 Å². The van der Waals surface area contributed by atoms with E-state index in [-0.39, 0.29) is 5.91 Å².